The summed E-state index contributed by atoms with van der Waals surface area (Å²) in [7, 11) is 0. The van der Waals surface area contributed by atoms with Crippen LogP contribution in [0.5, 0.6) is 0 Å². The van der Waals surface area contributed by atoms with Crippen LogP contribution < -0.4 is 10.6 Å². The molecule has 3 nitrogen and oxygen atoms in total. The quantitative estimate of drug-likeness (QED) is 0.526. The minimum atomic E-state index is 0.207. The molecular weight excluding hydrogens is 188 g/mol. The topological polar surface area (TPSA) is 41.1 Å². The van der Waals surface area contributed by atoms with Gasteiger partial charge in [0.15, 0.2) is 0 Å². The summed E-state index contributed by atoms with van der Waals surface area (Å²) >= 11 is 0. The van der Waals surface area contributed by atoms with E-state index in [1.807, 2.05) is 6.92 Å². The van der Waals surface area contributed by atoms with Gasteiger partial charge in [0.2, 0.25) is 5.91 Å². The predicted octanol–water partition coefficient (Wildman–Crippen LogP) is 0.656. The van der Waals surface area contributed by atoms with Crippen molar-refractivity contribution in [2.75, 3.05) is 6.54 Å². The number of rotatable bonds is 3. The van der Waals surface area contributed by atoms with E-state index >= 15 is 0 Å². The lowest BCUT2D eigenvalue weighted by Crippen LogP contribution is -2.37. The van der Waals surface area contributed by atoms with Crippen molar-refractivity contribution in [3.63, 3.8) is 0 Å². The highest BCUT2D eigenvalue weighted by Gasteiger charge is 2.42. The Balaban J connectivity index is 1.74. The highest BCUT2D eigenvalue weighted by atomic mass is 16.1. The second-order valence-electron chi connectivity index (χ2n) is 4.36. The predicted molar refractivity (Wildman–Crippen MR) is 59.1 cm³/mol. The molecule has 2 saturated heterocycles. The molecule has 0 aromatic rings. The smallest absolute Gasteiger partial charge is 0.224 e. The molecule has 2 aliphatic rings. The van der Waals surface area contributed by atoms with Crippen molar-refractivity contribution >= 4 is 5.91 Å². The summed E-state index contributed by atoms with van der Waals surface area (Å²) in [6.45, 7) is 2.51. The summed E-state index contributed by atoms with van der Waals surface area (Å²) in [6, 6.07) is 1.04. The number of nitrogens with one attached hydrogen (secondary N) is 2. The lowest BCUT2D eigenvalue weighted by atomic mass is 9.88. The van der Waals surface area contributed by atoms with Crippen LogP contribution in [-0.4, -0.2) is 24.5 Å². The van der Waals surface area contributed by atoms with Crippen molar-refractivity contribution in [2.45, 2.75) is 44.7 Å². The average Bonchev–Trinajstić information content (AvgIpc) is 2.85. The van der Waals surface area contributed by atoms with Gasteiger partial charge >= 0.3 is 0 Å². The van der Waals surface area contributed by atoms with Crippen molar-refractivity contribution in [3.05, 3.63) is 0 Å². The first-order chi connectivity index (χ1) is 7.31. The maximum atomic E-state index is 11.8. The van der Waals surface area contributed by atoms with Gasteiger partial charge in [-0.05, 0) is 26.2 Å². The summed E-state index contributed by atoms with van der Waals surface area (Å²) in [5.41, 5.74) is 0. The molecule has 0 aliphatic carbocycles. The van der Waals surface area contributed by atoms with Crippen LogP contribution in [-0.2, 0) is 4.79 Å². The van der Waals surface area contributed by atoms with Crippen molar-refractivity contribution < 1.29 is 4.79 Å². The van der Waals surface area contributed by atoms with Gasteiger partial charge in [0.1, 0.15) is 0 Å². The zero-order valence-electron chi connectivity index (χ0n) is 9.18. The Kier molecular flexibility index (Phi) is 3.27. The third-order valence-electron chi connectivity index (χ3n) is 3.36. The van der Waals surface area contributed by atoms with Gasteiger partial charge in [-0.3, -0.25) is 4.79 Å². The van der Waals surface area contributed by atoms with Gasteiger partial charge in [0.25, 0.3) is 0 Å². The summed E-state index contributed by atoms with van der Waals surface area (Å²) in [6.07, 6.45) is 4.19. The minimum absolute atomic E-state index is 0.207. The fourth-order valence-corrected chi connectivity index (χ4v) is 2.62. The second kappa shape index (κ2) is 4.67. The summed E-state index contributed by atoms with van der Waals surface area (Å²) in [4.78, 5) is 11.8. The van der Waals surface area contributed by atoms with Crippen LogP contribution in [0.1, 0.15) is 32.6 Å². The van der Waals surface area contributed by atoms with Gasteiger partial charge in [-0.15, -0.1) is 11.8 Å². The maximum Gasteiger partial charge on any atom is 0.224 e. The van der Waals surface area contributed by atoms with Crippen LogP contribution in [0.25, 0.3) is 0 Å². The summed E-state index contributed by atoms with van der Waals surface area (Å²) < 4.78 is 0. The third-order valence-corrected chi connectivity index (χ3v) is 3.36. The van der Waals surface area contributed by atoms with E-state index in [4.69, 9.17) is 0 Å². The zero-order valence-corrected chi connectivity index (χ0v) is 9.18. The van der Waals surface area contributed by atoms with E-state index in [0.717, 1.165) is 19.3 Å². The van der Waals surface area contributed by atoms with E-state index in [9.17, 15) is 4.79 Å². The molecule has 0 spiro atoms. The molecule has 2 bridgehead atoms. The Morgan fingerprint density at radius 2 is 2.40 bits per heavy atom. The second-order valence-corrected chi connectivity index (χ2v) is 4.36. The highest BCUT2D eigenvalue weighted by molar-refractivity contribution is 5.80. The maximum absolute atomic E-state index is 11.8. The molecule has 0 saturated carbocycles. The Labute approximate surface area is 91.0 Å². The van der Waals surface area contributed by atoms with Crippen molar-refractivity contribution in [1.29, 1.82) is 0 Å². The van der Waals surface area contributed by atoms with E-state index < -0.39 is 0 Å². The third kappa shape index (κ3) is 2.32. The molecule has 0 aromatic carbocycles. The van der Waals surface area contributed by atoms with Gasteiger partial charge < -0.3 is 10.6 Å². The van der Waals surface area contributed by atoms with Crippen LogP contribution in [0.3, 0.4) is 0 Å². The first-order valence-corrected chi connectivity index (χ1v) is 5.74. The van der Waals surface area contributed by atoms with Gasteiger partial charge in [-0.25, -0.2) is 0 Å². The lowest BCUT2D eigenvalue weighted by molar-refractivity contribution is -0.125. The van der Waals surface area contributed by atoms with Crippen molar-refractivity contribution in [3.8, 4) is 11.8 Å². The number of amides is 1. The molecule has 3 heteroatoms. The normalized spacial score (nSPS) is 32.2. The largest absolute Gasteiger partial charge is 0.355 e. The molecule has 2 rings (SSSR count). The molecular formula is C12H18N2O. The van der Waals surface area contributed by atoms with Gasteiger partial charge in [-0.2, -0.15) is 0 Å². The van der Waals surface area contributed by atoms with Gasteiger partial charge in [0, 0.05) is 25.0 Å². The minimum Gasteiger partial charge on any atom is -0.355 e. The standard InChI is InChI=1S/C12H18N2O/c1-2-3-4-7-13-12(15)10-8-9-5-6-11(10)14-9/h9-11,14H,4-8H2,1H3,(H,13,15). The van der Waals surface area contributed by atoms with Crippen LogP contribution in [0.2, 0.25) is 0 Å². The molecule has 1 amide bonds. The van der Waals surface area contributed by atoms with E-state index in [1.54, 1.807) is 0 Å². The van der Waals surface area contributed by atoms with Crippen LogP contribution >= 0.6 is 0 Å². The molecule has 3 unspecified atom stereocenters. The fourth-order valence-electron chi connectivity index (χ4n) is 2.62. The van der Waals surface area contributed by atoms with Crippen LogP contribution in [0, 0.1) is 17.8 Å². The zero-order chi connectivity index (χ0) is 10.7. The Hall–Kier alpha value is -1.01. The number of carbonyl (C=O) groups excluding carboxylic acids is 1. The van der Waals surface area contributed by atoms with Gasteiger partial charge in [0.05, 0.1) is 5.92 Å². The molecule has 3 atom stereocenters. The Morgan fingerprint density at radius 3 is 3.00 bits per heavy atom. The van der Waals surface area contributed by atoms with Crippen LogP contribution in [0.4, 0.5) is 0 Å². The first-order valence-electron chi connectivity index (χ1n) is 5.74. The Bertz CT molecular complexity index is 302. The number of fused-ring (bicyclic) bond motifs is 2. The molecule has 82 valence electrons. The Morgan fingerprint density at radius 1 is 1.53 bits per heavy atom. The highest BCUT2D eigenvalue weighted by Crippen LogP contribution is 2.33. The summed E-state index contributed by atoms with van der Waals surface area (Å²) in [5, 5.41) is 6.43. The average molecular weight is 206 g/mol. The number of hydrogen-bond acceptors (Lipinski definition) is 2. The monoisotopic (exact) mass is 206 g/mol. The number of carbonyl (C=O) groups is 1. The summed E-state index contributed by atoms with van der Waals surface area (Å²) in [5.74, 6) is 6.19. The van der Waals surface area contributed by atoms with Crippen molar-refractivity contribution in [2.24, 2.45) is 5.92 Å². The van der Waals surface area contributed by atoms with E-state index in [-0.39, 0.29) is 11.8 Å². The van der Waals surface area contributed by atoms with Crippen LogP contribution in [0.15, 0.2) is 0 Å². The SMILES string of the molecule is CC#CCCNC(=O)C1CC2CCC1N2. The molecule has 0 radical (unpaired) electrons. The first kappa shape index (κ1) is 10.5. The van der Waals surface area contributed by atoms with Crippen molar-refractivity contribution in [1.82, 2.24) is 10.6 Å². The molecule has 2 N–H and O–H groups in total. The molecule has 0 aromatic heterocycles. The number of hydrogen-bond donors (Lipinski definition) is 2. The lowest BCUT2D eigenvalue weighted by Gasteiger charge is -2.18. The molecule has 2 fully saturated rings. The van der Waals surface area contributed by atoms with E-state index in [2.05, 4.69) is 22.5 Å². The molecule has 2 aliphatic heterocycles. The van der Waals surface area contributed by atoms with E-state index in [0.29, 0.717) is 18.6 Å². The van der Waals surface area contributed by atoms with Gasteiger partial charge in [-0.1, -0.05) is 0 Å². The molecule has 2 heterocycles. The fraction of sp³-hybridized carbons (Fsp3) is 0.750. The van der Waals surface area contributed by atoms with E-state index in [1.165, 1.54) is 6.42 Å². The molecule has 15 heavy (non-hydrogen) atoms.